The lowest BCUT2D eigenvalue weighted by Crippen LogP contribution is -2.39. The van der Waals surface area contributed by atoms with Gasteiger partial charge in [0.15, 0.2) is 5.78 Å². The summed E-state index contributed by atoms with van der Waals surface area (Å²) < 4.78 is 0. The predicted molar refractivity (Wildman–Crippen MR) is 111 cm³/mol. The molecule has 0 saturated carbocycles. The van der Waals surface area contributed by atoms with Gasteiger partial charge in [0.05, 0.1) is 5.56 Å². The van der Waals surface area contributed by atoms with Crippen LogP contribution in [0.5, 0.6) is 0 Å². The Morgan fingerprint density at radius 2 is 1.56 bits per heavy atom. The molecule has 1 aliphatic heterocycles. The topological polar surface area (TPSA) is 49.4 Å². The van der Waals surface area contributed by atoms with Crippen molar-refractivity contribution >= 4 is 24.1 Å². The largest absolute Gasteiger partial charge is 0.339 e. The molecule has 0 atom stereocenters. The number of likely N-dealkylation sites (tertiary alicyclic amines) is 1. The number of ketones is 1. The maximum atomic E-state index is 13.0. The third kappa shape index (κ3) is 5.18. The molecule has 0 unspecified atom stereocenters. The van der Waals surface area contributed by atoms with Crippen LogP contribution < -0.4 is 5.32 Å². The maximum Gasteiger partial charge on any atom is 0.254 e. The molecule has 2 aromatic carbocycles. The normalized spacial score (nSPS) is 14.5. The van der Waals surface area contributed by atoms with Gasteiger partial charge in [0.1, 0.15) is 0 Å². The molecule has 1 fully saturated rings. The zero-order valence-electron chi connectivity index (χ0n) is 15.7. The smallest absolute Gasteiger partial charge is 0.254 e. The lowest BCUT2D eigenvalue weighted by atomic mass is 9.92. The number of halogens is 1. The molecule has 1 saturated heterocycles. The van der Waals surface area contributed by atoms with Crippen molar-refractivity contribution in [2.45, 2.75) is 19.3 Å². The molecular weight excluding hydrogens is 360 g/mol. The highest BCUT2D eigenvalue weighted by Gasteiger charge is 2.26. The number of hydrogen-bond acceptors (Lipinski definition) is 3. The molecule has 0 aliphatic carbocycles. The van der Waals surface area contributed by atoms with Crippen LogP contribution >= 0.6 is 12.4 Å². The number of nitrogens with zero attached hydrogens (tertiary/aromatic N) is 1. The van der Waals surface area contributed by atoms with Crippen molar-refractivity contribution in [2.75, 3.05) is 26.7 Å². The van der Waals surface area contributed by atoms with E-state index in [-0.39, 0.29) is 24.1 Å². The average Bonchev–Trinajstić information content (AvgIpc) is 2.72. The molecule has 1 N–H and O–H groups in total. The third-order valence-electron chi connectivity index (χ3n) is 5.14. The van der Waals surface area contributed by atoms with Crippen molar-refractivity contribution in [1.29, 1.82) is 0 Å². The molecule has 144 valence electrons. The number of amides is 1. The lowest BCUT2D eigenvalue weighted by Gasteiger charge is -2.32. The Morgan fingerprint density at radius 1 is 0.963 bits per heavy atom. The van der Waals surface area contributed by atoms with E-state index in [2.05, 4.69) is 5.32 Å². The fourth-order valence-electron chi connectivity index (χ4n) is 3.56. The predicted octanol–water partition coefficient (Wildman–Crippen LogP) is 3.80. The number of piperidine rings is 1. The molecule has 4 nitrogen and oxygen atoms in total. The summed E-state index contributed by atoms with van der Waals surface area (Å²) in [4.78, 5) is 27.8. The van der Waals surface area contributed by atoms with Gasteiger partial charge in [-0.05, 0) is 44.8 Å². The molecule has 1 heterocycles. The summed E-state index contributed by atoms with van der Waals surface area (Å²) >= 11 is 0. The Labute approximate surface area is 167 Å². The highest BCUT2D eigenvalue weighted by molar-refractivity contribution is 6.15. The summed E-state index contributed by atoms with van der Waals surface area (Å²) in [5.41, 5.74) is 1.61. The van der Waals surface area contributed by atoms with Crippen LogP contribution in [0, 0.1) is 5.92 Å². The van der Waals surface area contributed by atoms with Crippen LogP contribution in [0.25, 0.3) is 0 Å². The molecule has 2 aromatic rings. The zero-order chi connectivity index (χ0) is 18.4. The van der Waals surface area contributed by atoms with Crippen LogP contribution in [0.3, 0.4) is 0 Å². The number of carbonyl (C=O) groups excluding carboxylic acids is 2. The third-order valence-corrected chi connectivity index (χ3v) is 5.14. The number of benzene rings is 2. The Bertz CT molecular complexity index is 756. The standard InChI is InChI=1S/C22H26N2O2.ClH/c1-23-14-11-17-12-15-24(16-13-17)22(26)20-10-6-5-9-19(20)21(25)18-7-3-2-4-8-18;/h2-10,17,23H,11-16H2,1H3;1H. The Hall–Kier alpha value is -2.17. The minimum absolute atomic E-state index is 0. The molecule has 0 aromatic heterocycles. The van der Waals surface area contributed by atoms with Gasteiger partial charge in [0.2, 0.25) is 0 Å². The molecule has 1 aliphatic rings. The molecule has 5 heteroatoms. The first kappa shape index (κ1) is 21.1. The zero-order valence-corrected chi connectivity index (χ0v) is 16.5. The van der Waals surface area contributed by atoms with Gasteiger partial charge in [0, 0.05) is 24.2 Å². The van der Waals surface area contributed by atoms with Crippen molar-refractivity contribution in [3.05, 3.63) is 71.3 Å². The summed E-state index contributed by atoms with van der Waals surface area (Å²) in [6.07, 6.45) is 3.21. The maximum absolute atomic E-state index is 13.0. The lowest BCUT2D eigenvalue weighted by molar-refractivity contribution is 0.0683. The van der Waals surface area contributed by atoms with Crippen molar-refractivity contribution in [1.82, 2.24) is 10.2 Å². The summed E-state index contributed by atoms with van der Waals surface area (Å²) in [5, 5.41) is 3.19. The van der Waals surface area contributed by atoms with Gasteiger partial charge in [0.25, 0.3) is 5.91 Å². The number of rotatable bonds is 6. The van der Waals surface area contributed by atoms with Gasteiger partial charge in [-0.2, -0.15) is 0 Å². The SMILES string of the molecule is CNCCC1CCN(C(=O)c2ccccc2C(=O)c2ccccc2)CC1.Cl. The van der Waals surface area contributed by atoms with Gasteiger partial charge in [-0.15, -0.1) is 12.4 Å². The van der Waals surface area contributed by atoms with Gasteiger partial charge in [-0.25, -0.2) is 0 Å². The second kappa shape index (κ2) is 10.2. The van der Waals surface area contributed by atoms with E-state index in [1.807, 2.05) is 42.3 Å². The van der Waals surface area contributed by atoms with Gasteiger partial charge in [-0.1, -0.05) is 48.5 Å². The Morgan fingerprint density at radius 3 is 2.19 bits per heavy atom. The van der Waals surface area contributed by atoms with E-state index in [1.54, 1.807) is 24.3 Å². The summed E-state index contributed by atoms with van der Waals surface area (Å²) in [6, 6.07) is 16.3. The molecule has 0 radical (unpaired) electrons. The van der Waals surface area contributed by atoms with Gasteiger partial charge >= 0.3 is 0 Å². The first-order valence-electron chi connectivity index (χ1n) is 9.33. The Kier molecular flexibility index (Phi) is 8.01. The monoisotopic (exact) mass is 386 g/mol. The molecule has 0 spiro atoms. The van der Waals surface area contributed by atoms with Crippen LogP contribution in [-0.2, 0) is 0 Å². The van der Waals surface area contributed by atoms with E-state index >= 15 is 0 Å². The number of hydrogen-bond donors (Lipinski definition) is 1. The average molecular weight is 387 g/mol. The number of carbonyl (C=O) groups is 2. The highest BCUT2D eigenvalue weighted by Crippen LogP contribution is 2.23. The van der Waals surface area contributed by atoms with Crippen LogP contribution in [0.4, 0.5) is 0 Å². The van der Waals surface area contributed by atoms with Crippen LogP contribution in [0.2, 0.25) is 0 Å². The van der Waals surface area contributed by atoms with Crippen molar-refractivity contribution in [2.24, 2.45) is 5.92 Å². The van der Waals surface area contributed by atoms with E-state index in [0.717, 1.165) is 38.9 Å². The van der Waals surface area contributed by atoms with E-state index in [1.165, 1.54) is 0 Å². The van der Waals surface area contributed by atoms with Gasteiger partial charge in [-0.3, -0.25) is 9.59 Å². The first-order chi connectivity index (χ1) is 12.7. The minimum atomic E-state index is -0.0987. The first-order valence-corrected chi connectivity index (χ1v) is 9.33. The highest BCUT2D eigenvalue weighted by atomic mass is 35.5. The second-order valence-corrected chi connectivity index (χ2v) is 6.87. The second-order valence-electron chi connectivity index (χ2n) is 6.87. The van der Waals surface area contributed by atoms with Crippen LogP contribution in [0.15, 0.2) is 54.6 Å². The van der Waals surface area contributed by atoms with Crippen molar-refractivity contribution in [3.63, 3.8) is 0 Å². The minimum Gasteiger partial charge on any atom is -0.339 e. The quantitative estimate of drug-likeness (QED) is 0.768. The Balaban J connectivity index is 0.00000261. The number of nitrogens with one attached hydrogen (secondary N) is 1. The van der Waals surface area contributed by atoms with Crippen LogP contribution in [0.1, 0.15) is 45.5 Å². The molecule has 0 bridgehead atoms. The van der Waals surface area contributed by atoms with Gasteiger partial charge < -0.3 is 10.2 Å². The summed E-state index contributed by atoms with van der Waals surface area (Å²) in [5.74, 6) is 0.545. The van der Waals surface area contributed by atoms with Crippen LogP contribution in [-0.4, -0.2) is 43.3 Å². The van der Waals surface area contributed by atoms with Crippen molar-refractivity contribution < 1.29 is 9.59 Å². The van der Waals surface area contributed by atoms with Crippen molar-refractivity contribution in [3.8, 4) is 0 Å². The van der Waals surface area contributed by atoms with E-state index in [9.17, 15) is 9.59 Å². The fourth-order valence-corrected chi connectivity index (χ4v) is 3.56. The van der Waals surface area contributed by atoms with E-state index in [4.69, 9.17) is 0 Å². The fraction of sp³-hybridized carbons (Fsp3) is 0.364. The molecule has 3 rings (SSSR count). The summed E-state index contributed by atoms with van der Waals surface area (Å²) in [6.45, 7) is 2.55. The molecule has 1 amide bonds. The summed E-state index contributed by atoms with van der Waals surface area (Å²) in [7, 11) is 1.97. The molecular formula is C22H27ClN2O2. The van der Waals surface area contributed by atoms with E-state index in [0.29, 0.717) is 22.6 Å². The molecule has 27 heavy (non-hydrogen) atoms. The van der Waals surface area contributed by atoms with E-state index < -0.39 is 0 Å².